The normalized spacial score (nSPS) is 17.9. The second kappa shape index (κ2) is 9.48. The molecule has 0 spiro atoms. The van der Waals surface area contributed by atoms with Crippen molar-refractivity contribution in [2.45, 2.75) is 32.1 Å². The lowest BCUT2D eigenvalue weighted by molar-refractivity contribution is -0.139. The van der Waals surface area contributed by atoms with E-state index < -0.39 is 0 Å². The number of carbonyl (C=O) groups is 3. The summed E-state index contributed by atoms with van der Waals surface area (Å²) in [5.74, 6) is 0.972. The van der Waals surface area contributed by atoms with E-state index in [1.54, 1.807) is 11.3 Å². The Bertz CT molecular complexity index is 873. The van der Waals surface area contributed by atoms with Crippen LogP contribution in [0.4, 0.5) is 0 Å². The van der Waals surface area contributed by atoms with E-state index in [0.717, 1.165) is 37.4 Å². The van der Waals surface area contributed by atoms with Crippen molar-refractivity contribution in [2.75, 3.05) is 39.3 Å². The summed E-state index contributed by atoms with van der Waals surface area (Å²) in [6.45, 7) is 4.09. The monoisotopic (exact) mass is 431 g/mol. The highest BCUT2D eigenvalue weighted by Gasteiger charge is 2.30. The van der Waals surface area contributed by atoms with Crippen LogP contribution in [0.5, 0.6) is 0 Å². The van der Waals surface area contributed by atoms with Gasteiger partial charge in [-0.05, 0) is 24.4 Å². The van der Waals surface area contributed by atoms with Crippen molar-refractivity contribution < 1.29 is 18.9 Å². The maximum Gasteiger partial charge on any atom is 0.229 e. The van der Waals surface area contributed by atoms with Crippen molar-refractivity contribution >= 4 is 29.1 Å². The molecule has 30 heavy (non-hydrogen) atoms. The van der Waals surface area contributed by atoms with Gasteiger partial charge < -0.3 is 9.42 Å². The summed E-state index contributed by atoms with van der Waals surface area (Å²) < 4.78 is 5.33. The Morgan fingerprint density at radius 3 is 2.57 bits per heavy atom. The minimum absolute atomic E-state index is 0.00844. The molecular weight excluding hydrogens is 406 g/mol. The lowest BCUT2D eigenvalue weighted by Gasteiger charge is -2.35. The molecule has 3 amide bonds. The summed E-state index contributed by atoms with van der Waals surface area (Å²) in [5, 5.41) is 6.02. The Hall–Kier alpha value is -2.59. The molecule has 2 aliphatic rings. The molecule has 0 N–H and O–H groups in total. The molecule has 0 bridgehead atoms. The van der Waals surface area contributed by atoms with Crippen LogP contribution in [0, 0.1) is 0 Å². The van der Waals surface area contributed by atoms with Crippen molar-refractivity contribution in [3.05, 3.63) is 23.4 Å². The number of likely N-dealkylation sites (tertiary alicyclic amines) is 1. The Morgan fingerprint density at radius 1 is 1.10 bits per heavy atom. The zero-order valence-corrected chi connectivity index (χ0v) is 17.6. The lowest BCUT2D eigenvalue weighted by Crippen LogP contribution is -2.49. The molecule has 4 rings (SSSR count). The number of hydrogen-bond acceptors (Lipinski definition) is 8. The summed E-state index contributed by atoms with van der Waals surface area (Å²) in [6.07, 6.45) is 2.39. The third-order valence-corrected chi connectivity index (χ3v) is 6.37. The number of imide groups is 1. The van der Waals surface area contributed by atoms with Crippen molar-refractivity contribution in [1.82, 2.24) is 24.8 Å². The Kier molecular flexibility index (Phi) is 6.53. The highest BCUT2D eigenvalue weighted by atomic mass is 32.1. The molecule has 2 aromatic heterocycles. The Labute approximate surface area is 178 Å². The molecule has 2 aliphatic heterocycles. The van der Waals surface area contributed by atoms with Crippen molar-refractivity contribution in [3.8, 4) is 10.7 Å². The van der Waals surface area contributed by atoms with Gasteiger partial charge in [-0.15, -0.1) is 11.3 Å². The number of aryl methyl sites for hydroxylation is 1. The van der Waals surface area contributed by atoms with Crippen LogP contribution in [0.1, 0.15) is 31.6 Å². The first-order chi connectivity index (χ1) is 14.6. The third-order valence-electron chi connectivity index (χ3n) is 5.50. The second-order valence-corrected chi connectivity index (χ2v) is 8.45. The van der Waals surface area contributed by atoms with Gasteiger partial charge in [0.15, 0.2) is 0 Å². The zero-order chi connectivity index (χ0) is 20.9. The van der Waals surface area contributed by atoms with Crippen molar-refractivity contribution in [2.24, 2.45) is 0 Å². The van der Waals surface area contributed by atoms with Crippen LogP contribution < -0.4 is 0 Å². The van der Waals surface area contributed by atoms with E-state index in [9.17, 15) is 14.4 Å². The summed E-state index contributed by atoms with van der Waals surface area (Å²) in [5.41, 5.74) is 0. The SMILES string of the molecule is O=C(CCN1C(=O)CCC1=O)N1CCN(CCCc2nc(-c3cccs3)no2)CC1. The van der Waals surface area contributed by atoms with Crippen LogP contribution in [0.15, 0.2) is 22.0 Å². The average Bonchev–Trinajstić information content (AvgIpc) is 3.49. The number of carbonyl (C=O) groups excluding carboxylic acids is 3. The molecule has 0 atom stereocenters. The number of rotatable bonds is 8. The molecule has 0 unspecified atom stereocenters. The van der Waals surface area contributed by atoms with Crippen molar-refractivity contribution in [1.29, 1.82) is 0 Å². The molecule has 4 heterocycles. The molecule has 9 nitrogen and oxygen atoms in total. The molecule has 10 heteroatoms. The first kappa shape index (κ1) is 20.7. The van der Waals surface area contributed by atoms with Gasteiger partial charge in [-0.25, -0.2) is 0 Å². The second-order valence-electron chi connectivity index (χ2n) is 7.50. The minimum atomic E-state index is -0.165. The van der Waals surface area contributed by atoms with Gasteiger partial charge in [0, 0.05) is 58.4 Å². The smallest absolute Gasteiger partial charge is 0.229 e. The van der Waals surface area contributed by atoms with Crippen LogP contribution in [-0.2, 0) is 20.8 Å². The molecular formula is C20H25N5O4S. The molecule has 2 aromatic rings. The third kappa shape index (κ3) is 4.93. The summed E-state index contributed by atoms with van der Waals surface area (Å²) in [4.78, 5) is 46.5. The van der Waals surface area contributed by atoms with Crippen LogP contribution >= 0.6 is 11.3 Å². The van der Waals surface area contributed by atoms with Gasteiger partial charge in [-0.3, -0.25) is 24.2 Å². The highest BCUT2D eigenvalue weighted by molar-refractivity contribution is 7.13. The van der Waals surface area contributed by atoms with Gasteiger partial charge in [0.05, 0.1) is 4.88 Å². The predicted octanol–water partition coefficient (Wildman–Crippen LogP) is 1.41. The van der Waals surface area contributed by atoms with Gasteiger partial charge >= 0.3 is 0 Å². The van der Waals surface area contributed by atoms with Gasteiger partial charge in [0.1, 0.15) is 0 Å². The van der Waals surface area contributed by atoms with E-state index >= 15 is 0 Å². The van der Waals surface area contributed by atoms with E-state index in [2.05, 4.69) is 15.0 Å². The topological polar surface area (TPSA) is 99.9 Å². The fourth-order valence-electron chi connectivity index (χ4n) is 3.77. The quantitative estimate of drug-likeness (QED) is 0.583. The average molecular weight is 432 g/mol. The van der Waals surface area contributed by atoms with E-state index in [1.807, 2.05) is 22.4 Å². The van der Waals surface area contributed by atoms with Crippen LogP contribution in [0.2, 0.25) is 0 Å². The maximum absolute atomic E-state index is 12.4. The molecule has 2 saturated heterocycles. The minimum Gasteiger partial charge on any atom is -0.340 e. The van der Waals surface area contributed by atoms with Crippen LogP contribution in [-0.4, -0.2) is 81.8 Å². The van der Waals surface area contributed by atoms with Crippen LogP contribution in [0.25, 0.3) is 10.7 Å². The van der Waals surface area contributed by atoms with E-state index in [0.29, 0.717) is 24.8 Å². The number of aromatic nitrogens is 2. The van der Waals surface area contributed by atoms with Gasteiger partial charge in [-0.2, -0.15) is 4.98 Å². The number of nitrogens with zero attached hydrogens (tertiary/aromatic N) is 5. The highest BCUT2D eigenvalue weighted by Crippen LogP contribution is 2.21. The Morgan fingerprint density at radius 2 is 1.87 bits per heavy atom. The Balaban J connectivity index is 1.14. The fourth-order valence-corrected chi connectivity index (χ4v) is 4.42. The number of thiophene rings is 1. The van der Waals surface area contributed by atoms with E-state index in [1.165, 1.54) is 4.90 Å². The van der Waals surface area contributed by atoms with Crippen LogP contribution in [0.3, 0.4) is 0 Å². The number of amides is 3. The standard InChI is InChI=1S/C20H25N5O4S/c26-17(7-9-25-18(27)5-6-19(25)28)24-12-10-23(11-13-24)8-1-4-16-21-20(22-29-16)15-3-2-14-30-15/h2-3,14H,1,4-13H2. The molecule has 0 saturated carbocycles. The molecule has 2 fully saturated rings. The molecule has 0 radical (unpaired) electrons. The first-order valence-electron chi connectivity index (χ1n) is 10.3. The molecule has 0 aromatic carbocycles. The maximum atomic E-state index is 12.4. The van der Waals surface area contributed by atoms with Crippen molar-refractivity contribution in [3.63, 3.8) is 0 Å². The van der Waals surface area contributed by atoms with Gasteiger partial charge in [0.2, 0.25) is 29.4 Å². The predicted molar refractivity (Wildman–Crippen MR) is 110 cm³/mol. The summed E-state index contributed by atoms with van der Waals surface area (Å²) in [6, 6.07) is 3.94. The molecule has 160 valence electrons. The summed E-state index contributed by atoms with van der Waals surface area (Å²) in [7, 11) is 0. The van der Waals surface area contributed by atoms with Gasteiger partial charge in [-0.1, -0.05) is 11.2 Å². The van der Waals surface area contributed by atoms with E-state index in [-0.39, 0.29) is 43.5 Å². The molecule has 0 aliphatic carbocycles. The largest absolute Gasteiger partial charge is 0.340 e. The number of piperazine rings is 1. The summed E-state index contributed by atoms with van der Waals surface area (Å²) >= 11 is 1.59. The zero-order valence-electron chi connectivity index (χ0n) is 16.8. The number of hydrogen-bond donors (Lipinski definition) is 0. The first-order valence-corrected chi connectivity index (χ1v) is 11.2. The fraction of sp³-hybridized carbons (Fsp3) is 0.550. The van der Waals surface area contributed by atoms with Gasteiger partial charge in [0.25, 0.3) is 0 Å². The van der Waals surface area contributed by atoms with E-state index in [4.69, 9.17) is 4.52 Å². The lowest BCUT2D eigenvalue weighted by atomic mass is 10.2.